The van der Waals surface area contributed by atoms with Crippen molar-refractivity contribution in [3.63, 3.8) is 0 Å². The van der Waals surface area contributed by atoms with Crippen molar-refractivity contribution >= 4 is 35.0 Å². The third-order valence-electron chi connectivity index (χ3n) is 3.96. The van der Waals surface area contributed by atoms with E-state index in [1.54, 1.807) is 30.2 Å². The average Bonchev–Trinajstić information content (AvgIpc) is 3.12. The Hall–Kier alpha value is -2.34. The van der Waals surface area contributed by atoms with Crippen molar-refractivity contribution in [3.05, 3.63) is 88.7 Å². The van der Waals surface area contributed by atoms with E-state index < -0.39 is 0 Å². The van der Waals surface area contributed by atoms with Crippen LogP contribution in [0.2, 0.25) is 10.0 Å². The van der Waals surface area contributed by atoms with Gasteiger partial charge in [-0.25, -0.2) is 0 Å². The lowest BCUT2D eigenvalue weighted by Crippen LogP contribution is -1.99. The maximum Gasteiger partial charge on any atom is 0.196 e. The van der Waals surface area contributed by atoms with E-state index in [9.17, 15) is 0 Å². The number of nitrogens with zero attached hydrogens (tertiary/aromatic N) is 4. The minimum absolute atomic E-state index is 0.626. The van der Waals surface area contributed by atoms with Crippen LogP contribution in [-0.2, 0) is 5.75 Å². The van der Waals surface area contributed by atoms with Gasteiger partial charge in [-0.05, 0) is 42.0 Å². The molecule has 0 bridgehead atoms. The van der Waals surface area contributed by atoms with Gasteiger partial charge in [0.15, 0.2) is 11.0 Å². The van der Waals surface area contributed by atoms with Crippen molar-refractivity contribution in [3.8, 4) is 17.1 Å². The summed E-state index contributed by atoms with van der Waals surface area (Å²) in [4.78, 5) is 4.08. The fraction of sp³-hybridized carbons (Fsp3) is 0.0500. The predicted molar refractivity (Wildman–Crippen MR) is 111 cm³/mol. The molecule has 0 amide bonds. The van der Waals surface area contributed by atoms with Crippen LogP contribution in [0.15, 0.2) is 78.2 Å². The Labute approximate surface area is 171 Å². The molecule has 0 atom stereocenters. The minimum atomic E-state index is 0.626. The Morgan fingerprint density at radius 3 is 2.41 bits per heavy atom. The topological polar surface area (TPSA) is 43.6 Å². The number of hydrogen-bond acceptors (Lipinski definition) is 4. The molecule has 0 unspecified atom stereocenters. The van der Waals surface area contributed by atoms with Gasteiger partial charge in [-0.1, -0.05) is 59.2 Å². The Balaban J connectivity index is 1.71. The zero-order chi connectivity index (χ0) is 18.6. The van der Waals surface area contributed by atoms with Gasteiger partial charge in [0.1, 0.15) is 0 Å². The van der Waals surface area contributed by atoms with Crippen LogP contribution in [0.4, 0.5) is 0 Å². The quantitative estimate of drug-likeness (QED) is 0.381. The molecule has 0 spiro atoms. The van der Waals surface area contributed by atoms with Gasteiger partial charge < -0.3 is 0 Å². The van der Waals surface area contributed by atoms with Gasteiger partial charge >= 0.3 is 0 Å². The first-order valence-corrected chi connectivity index (χ1v) is 9.94. The molecule has 4 rings (SSSR count). The van der Waals surface area contributed by atoms with E-state index in [-0.39, 0.29) is 0 Å². The number of aromatic nitrogens is 4. The first-order chi connectivity index (χ1) is 13.2. The van der Waals surface area contributed by atoms with Crippen molar-refractivity contribution in [2.24, 2.45) is 0 Å². The zero-order valence-corrected chi connectivity index (χ0v) is 16.4. The number of halogens is 2. The van der Waals surface area contributed by atoms with Crippen molar-refractivity contribution in [2.75, 3.05) is 0 Å². The second-order valence-electron chi connectivity index (χ2n) is 5.74. The van der Waals surface area contributed by atoms with Gasteiger partial charge in [-0.2, -0.15) is 0 Å². The second kappa shape index (κ2) is 8.13. The third-order valence-corrected chi connectivity index (χ3v) is 5.52. The molecule has 134 valence electrons. The molecule has 0 saturated heterocycles. The monoisotopic (exact) mass is 412 g/mol. The molecule has 2 aromatic heterocycles. The average molecular weight is 413 g/mol. The van der Waals surface area contributed by atoms with Crippen LogP contribution in [0.3, 0.4) is 0 Å². The highest BCUT2D eigenvalue weighted by Gasteiger charge is 2.16. The second-order valence-corrected chi connectivity index (χ2v) is 7.52. The van der Waals surface area contributed by atoms with Crippen molar-refractivity contribution in [2.45, 2.75) is 10.9 Å². The van der Waals surface area contributed by atoms with E-state index in [0.29, 0.717) is 15.8 Å². The van der Waals surface area contributed by atoms with Gasteiger partial charge in [-0.3, -0.25) is 9.55 Å². The fourth-order valence-corrected chi connectivity index (χ4v) is 4.15. The number of rotatable bonds is 5. The first kappa shape index (κ1) is 18.0. The predicted octanol–water partition coefficient (Wildman–Crippen LogP) is 5.93. The fourth-order valence-electron chi connectivity index (χ4n) is 2.64. The van der Waals surface area contributed by atoms with Crippen LogP contribution in [0.5, 0.6) is 0 Å². The summed E-state index contributed by atoms with van der Waals surface area (Å²) in [5.41, 5.74) is 2.95. The third kappa shape index (κ3) is 4.00. The van der Waals surface area contributed by atoms with Crippen molar-refractivity contribution in [1.82, 2.24) is 19.7 Å². The van der Waals surface area contributed by atoms with E-state index in [2.05, 4.69) is 15.2 Å². The molecule has 0 saturated carbocycles. The number of para-hydroxylation sites is 1. The Morgan fingerprint density at radius 1 is 0.889 bits per heavy atom. The molecule has 4 nitrogen and oxygen atoms in total. The summed E-state index contributed by atoms with van der Waals surface area (Å²) in [6, 6.07) is 19.4. The van der Waals surface area contributed by atoms with E-state index in [1.807, 2.05) is 59.2 Å². The van der Waals surface area contributed by atoms with Crippen LogP contribution in [-0.4, -0.2) is 19.7 Å². The number of pyridine rings is 1. The lowest BCUT2D eigenvalue weighted by molar-refractivity contribution is 0.886. The normalized spacial score (nSPS) is 10.9. The van der Waals surface area contributed by atoms with Crippen molar-refractivity contribution in [1.29, 1.82) is 0 Å². The molecule has 27 heavy (non-hydrogen) atoms. The smallest absolute Gasteiger partial charge is 0.196 e. The summed E-state index contributed by atoms with van der Waals surface area (Å²) in [6.45, 7) is 0. The van der Waals surface area contributed by atoms with Crippen LogP contribution in [0.1, 0.15) is 5.56 Å². The highest BCUT2D eigenvalue weighted by molar-refractivity contribution is 7.98. The maximum atomic E-state index is 6.31. The number of hydrogen-bond donors (Lipinski definition) is 0. The standard InChI is InChI=1S/C20H14Cl2N4S/c21-16-7-6-15(18(22)12-16)13-27-20-25-24-19(14-8-10-23-11-9-14)26(20)17-4-2-1-3-5-17/h1-12H,13H2. The van der Waals surface area contributed by atoms with Gasteiger partial charge in [0.05, 0.1) is 0 Å². The van der Waals surface area contributed by atoms with E-state index in [1.165, 1.54) is 0 Å². The lowest BCUT2D eigenvalue weighted by Gasteiger charge is -2.10. The highest BCUT2D eigenvalue weighted by atomic mass is 35.5. The first-order valence-electron chi connectivity index (χ1n) is 8.20. The molecule has 7 heteroatoms. The van der Waals surface area contributed by atoms with Gasteiger partial charge in [0, 0.05) is 39.4 Å². The molecule has 0 fully saturated rings. The summed E-state index contributed by atoms with van der Waals surface area (Å²) in [7, 11) is 0. The van der Waals surface area contributed by atoms with E-state index in [4.69, 9.17) is 23.2 Å². The summed E-state index contributed by atoms with van der Waals surface area (Å²) in [5, 5.41) is 10.9. The van der Waals surface area contributed by atoms with Gasteiger partial charge in [0.25, 0.3) is 0 Å². The van der Waals surface area contributed by atoms with Crippen LogP contribution < -0.4 is 0 Å². The Kier molecular flexibility index (Phi) is 5.43. The Morgan fingerprint density at radius 2 is 1.67 bits per heavy atom. The molecular weight excluding hydrogens is 399 g/mol. The molecule has 0 N–H and O–H groups in total. The summed E-state index contributed by atoms with van der Waals surface area (Å²) < 4.78 is 2.05. The van der Waals surface area contributed by atoms with E-state index in [0.717, 1.165) is 27.8 Å². The number of thioether (sulfide) groups is 1. The summed E-state index contributed by atoms with van der Waals surface area (Å²) in [5.74, 6) is 1.44. The van der Waals surface area contributed by atoms with Gasteiger partial charge in [0.2, 0.25) is 0 Å². The number of benzene rings is 2. The molecule has 2 heterocycles. The Bertz CT molecular complexity index is 1050. The zero-order valence-electron chi connectivity index (χ0n) is 14.1. The molecule has 4 aromatic rings. The largest absolute Gasteiger partial charge is 0.270 e. The molecule has 0 aliphatic heterocycles. The van der Waals surface area contributed by atoms with E-state index >= 15 is 0 Å². The molecule has 0 aliphatic rings. The van der Waals surface area contributed by atoms with Gasteiger partial charge in [-0.15, -0.1) is 10.2 Å². The molecule has 0 aliphatic carbocycles. The summed E-state index contributed by atoms with van der Waals surface area (Å²) >= 11 is 13.9. The van der Waals surface area contributed by atoms with Crippen molar-refractivity contribution < 1.29 is 0 Å². The van der Waals surface area contributed by atoms with Crippen LogP contribution >= 0.6 is 35.0 Å². The van der Waals surface area contributed by atoms with Crippen LogP contribution in [0, 0.1) is 0 Å². The summed E-state index contributed by atoms with van der Waals surface area (Å²) in [6.07, 6.45) is 3.50. The highest BCUT2D eigenvalue weighted by Crippen LogP contribution is 2.31. The lowest BCUT2D eigenvalue weighted by atomic mass is 10.2. The molecule has 0 radical (unpaired) electrons. The molecule has 2 aromatic carbocycles. The maximum absolute atomic E-state index is 6.31. The minimum Gasteiger partial charge on any atom is -0.270 e. The van der Waals surface area contributed by atoms with Crippen LogP contribution in [0.25, 0.3) is 17.1 Å². The molecular formula is C20H14Cl2N4S. The SMILES string of the molecule is Clc1ccc(CSc2nnc(-c3ccncc3)n2-c2ccccc2)c(Cl)c1.